The minimum absolute atomic E-state index is 0.290. The first-order valence-corrected chi connectivity index (χ1v) is 7.70. The summed E-state index contributed by atoms with van der Waals surface area (Å²) in [6.45, 7) is 2.00. The number of esters is 1. The summed E-state index contributed by atoms with van der Waals surface area (Å²) in [6, 6.07) is 23.7. The average molecular weight is 300 g/mol. The molecule has 0 aromatic heterocycles. The molecule has 2 heteroatoms. The van der Waals surface area contributed by atoms with E-state index in [1.165, 1.54) is 0 Å². The minimum atomic E-state index is -0.337. The molecule has 1 aliphatic carbocycles. The third-order valence-electron chi connectivity index (χ3n) is 4.29. The van der Waals surface area contributed by atoms with Crippen molar-refractivity contribution in [2.45, 2.75) is 13.0 Å². The van der Waals surface area contributed by atoms with E-state index in [-0.39, 0.29) is 12.1 Å². The Bertz CT molecular complexity index is 833. The van der Waals surface area contributed by atoms with Crippen LogP contribution in [0.3, 0.4) is 0 Å². The SMILES string of the molecule is Cc1ccc(C(=O)OC2c3ccccc3-c3ccccc32)cc1. The molecule has 0 atom stereocenters. The molecular formula is C21H16O2. The summed E-state index contributed by atoms with van der Waals surface area (Å²) in [6.07, 6.45) is -0.337. The Morgan fingerprint density at radius 1 is 0.783 bits per heavy atom. The van der Waals surface area contributed by atoms with Crippen LogP contribution < -0.4 is 0 Å². The van der Waals surface area contributed by atoms with E-state index in [1.807, 2.05) is 67.6 Å². The number of fused-ring (bicyclic) bond motifs is 3. The summed E-state index contributed by atoms with van der Waals surface area (Å²) in [4.78, 5) is 12.5. The number of hydrogen-bond donors (Lipinski definition) is 0. The van der Waals surface area contributed by atoms with Crippen LogP contribution in [0.4, 0.5) is 0 Å². The van der Waals surface area contributed by atoms with Crippen molar-refractivity contribution in [2.24, 2.45) is 0 Å². The van der Waals surface area contributed by atoms with Crippen molar-refractivity contribution in [3.05, 3.63) is 95.1 Å². The van der Waals surface area contributed by atoms with Crippen LogP contribution in [0.5, 0.6) is 0 Å². The van der Waals surface area contributed by atoms with Gasteiger partial charge in [-0.1, -0.05) is 66.2 Å². The molecular weight excluding hydrogens is 284 g/mol. The first-order valence-electron chi connectivity index (χ1n) is 7.70. The van der Waals surface area contributed by atoms with E-state index in [4.69, 9.17) is 4.74 Å². The van der Waals surface area contributed by atoms with Crippen molar-refractivity contribution in [3.8, 4) is 11.1 Å². The summed E-state index contributed by atoms with van der Waals surface area (Å²) in [7, 11) is 0. The number of carbonyl (C=O) groups is 1. The number of ether oxygens (including phenoxy) is 1. The van der Waals surface area contributed by atoms with Crippen molar-refractivity contribution < 1.29 is 9.53 Å². The number of benzene rings is 3. The Morgan fingerprint density at radius 3 is 1.87 bits per heavy atom. The van der Waals surface area contributed by atoms with Gasteiger partial charge in [0, 0.05) is 11.1 Å². The smallest absolute Gasteiger partial charge is 0.339 e. The third kappa shape index (κ3) is 2.33. The molecule has 3 aromatic rings. The van der Waals surface area contributed by atoms with Crippen LogP contribution in [-0.2, 0) is 4.74 Å². The lowest BCUT2D eigenvalue weighted by atomic mass is 10.1. The molecule has 0 N–H and O–H groups in total. The van der Waals surface area contributed by atoms with Crippen LogP contribution in [0, 0.1) is 6.92 Å². The fourth-order valence-electron chi connectivity index (χ4n) is 3.10. The second-order valence-corrected chi connectivity index (χ2v) is 5.83. The van der Waals surface area contributed by atoms with Crippen molar-refractivity contribution in [1.82, 2.24) is 0 Å². The lowest BCUT2D eigenvalue weighted by Gasteiger charge is -2.15. The maximum absolute atomic E-state index is 12.5. The van der Waals surface area contributed by atoms with Gasteiger partial charge in [-0.3, -0.25) is 0 Å². The van der Waals surface area contributed by atoms with Crippen molar-refractivity contribution in [1.29, 1.82) is 0 Å². The molecule has 1 aliphatic rings. The quantitative estimate of drug-likeness (QED) is 0.628. The largest absolute Gasteiger partial charge is 0.449 e. The van der Waals surface area contributed by atoms with E-state index in [1.54, 1.807) is 0 Å². The summed E-state index contributed by atoms with van der Waals surface area (Å²) >= 11 is 0. The highest BCUT2D eigenvalue weighted by molar-refractivity contribution is 5.90. The van der Waals surface area contributed by atoms with Crippen molar-refractivity contribution in [3.63, 3.8) is 0 Å². The van der Waals surface area contributed by atoms with Crippen LogP contribution in [0.25, 0.3) is 11.1 Å². The van der Waals surface area contributed by atoms with Gasteiger partial charge in [-0.25, -0.2) is 4.79 Å². The predicted octanol–water partition coefficient (Wildman–Crippen LogP) is 4.92. The highest BCUT2D eigenvalue weighted by Crippen LogP contribution is 2.45. The minimum Gasteiger partial charge on any atom is -0.449 e. The Kier molecular flexibility index (Phi) is 3.23. The van der Waals surface area contributed by atoms with Gasteiger partial charge in [0.25, 0.3) is 0 Å². The highest BCUT2D eigenvalue weighted by atomic mass is 16.5. The van der Waals surface area contributed by atoms with Gasteiger partial charge in [0.2, 0.25) is 0 Å². The Labute approximate surface area is 135 Å². The van der Waals surface area contributed by atoms with E-state index >= 15 is 0 Å². The molecule has 0 radical (unpaired) electrons. The normalized spacial score (nSPS) is 12.6. The molecule has 0 saturated heterocycles. The molecule has 2 nitrogen and oxygen atoms in total. The maximum Gasteiger partial charge on any atom is 0.339 e. The number of aryl methyl sites for hydroxylation is 1. The molecule has 0 aliphatic heterocycles. The highest BCUT2D eigenvalue weighted by Gasteiger charge is 2.31. The molecule has 0 fully saturated rings. The second kappa shape index (κ2) is 5.40. The van der Waals surface area contributed by atoms with Crippen LogP contribution in [0.1, 0.15) is 33.2 Å². The lowest BCUT2D eigenvalue weighted by molar-refractivity contribution is 0.0386. The molecule has 0 heterocycles. The molecule has 23 heavy (non-hydrogen) atoms. The zero-order valence-corrected chi connectivity index (χ0v) is 12.8. The van der Waals surface area contributed by atoms with E-state index in [0.29, 0.717) is 5.56 Å². The van der Waals surface area contributed by atoms with Gasteiger partial charge in [0.05, 0.1) is 5.56 Å². The number of hydrogen-bond acceptors (Lipinski definition) is 2. The molecule has 0 amide bonds. The topological polar surface area (TPSA) is 26.3 Å². The molecule has 0 saturated carbocycles. The maximum atomic E-state index is 12.5. The Hall–Kier alpha value is -2.87. The van der Waals surface area contributed by atoms with Crippen molar-refractivity contribution >= 4 is 5.97 Å². The van der Waals surface area contributed by atoms with Crippen LogP contribution >= 0.6 is 0 Å². The van der Waals surface area contributed by atoms with Crippen molar-refractivity contribution in [2.75, 3.05) is 0 Å². The third-order valence-corrected chi connectivity index (χ3v) is 4.29. The molecule has 0 bridgehead atoms. The van der Waals surface area contributed by atoms with E-state index in [0.717, 1.165) is 27.8 Å². The number of rotatable bonds is 2. The number of carbonyl (C=O) groups excluding carboxylic acids is 1. The van der Waals surface area contributed by atoms with Crippen LogP contribution in [0.2, 0.25) is 0 Å². The monoisotopic (exact) mass is 300 g/mol. The molecule has 112 valence electrons. The lowest BCUT2D eigenvalue weighted by Crippen LogP contribution is -2.11. The second-order valence-electron chi connectivity index (χ2n) is 5.83. The molecule has 0 spiro atoms. The summed E-state index contributed by atoms with van der Waals surface area (Å²) in [5.74, 6) is -0.290. The van der Waals surface area contributed by atoms with E-state index < -0.39 is 0 Å². The zero-order chi connectivity index (χ0) is 15.8. The van der Waals surface area contributed by atoms with Crippen LogP contribution in [-0.4, -0.2) is 5.97 Å². The van der Waals surface area contributed by atoms with Gasteiger partial charge in [0.1, 0.15) is 0 Å². The average Bonchev–Trinajstić information content (AvgIpc) is 2.90. The van der Waals surface area contributed by atoms with Gasteiger partial charge >= 0.3 is 5.97 Å². The Balaban J connectivity index is 1.71. The van der Waals surface area contributed by atoms with Gasteiger partial charge in [-0.15, -0.1) is 0 Å². The fourth-order valence-corrected chi connectivity index (χ4v) is 3.10. The van der Waals surface area contributed by atoms with Gasteiger partial charge in [-0.05, 0) is 30.2 Å². The summed E-state index contributed by atoms with van der Waals surface area (Å²) < 4.78 is 5.85. The fraction of sp³-hybridized carbons (Fsp3) is 0.0952. The van der Waals surface area contributed by atoms with Gasteiger partial charge in [0.15, 0.2) is 6.10 Å². The first kappa shape index (κ1) is 13.8. The van der Waals surface area contributed by atoms with E-state index in [9.17, 15) is 4.79 Å². The summed E-state index contributed by atoms with van der Waals surface area (Å²) in [5, 5.41) is 0. The predicted molar refractivity (Wildman–Crippen MR) is 90.3 cm³/mol. The molecule has 3 aromatic carbocycles. The van der Waals surface area contributed by atoms with Crippen LogP contribution in [0.15, 0.2) is 72.8 Å². The molecule has 0 unspecified atom stereocenters. The van der Waals surface area contributed by atoms with E-state index in [2.05, 4.69) is 12.1 Å². The zero-order valence-electron chi connectivity index (χ0n) is 12.8. The van der Waals surface area contributed by atoms with Gasteiger partial charge < -0.3 is 4.74 Å². The Morgan fingerprint density at radius 2 is 1.30 bits per heavy atom. The molecule has 4 rings (SSSR count). The van der Waals surface area contributed by atoms with Gasteiger partial charge in [-0.2, -0.15) is 0 Å². The standard InChI is InChI=1S/C21H16O2/c1-14-10-12-15(13-11-14)21(22)23-20-18-8-4-2-6-16(18)17-7-3-5-9-19(17)20/h2-13,20H,1H3. The summed E-state index contributed by atoms with van der Waals surface area (Å²) in [5.41, 5.74) is 6.09. The first-order chi connectivity index (χ1) is 11.2.